The van der Waals surface area contributed by atoms with Crippen LogP contribution in [-0.2, 0) is 16.6 Å². The molecule has 190 valence electrons. The maximum Gasteiger partial charge on any atom is 0.264 e. The molecule has 2 heterocycles. The van der Waals surface area contributed by atoms with Crippen LogP contribution in [0.4, 0.5) is 10.1 Å². The summed E-state index contributed by atoms with van der Waals surface area (Å²) >= 11 is 0. The van der Waals surface area contributed by atoms with Gasteiger partial charge in [0, 0.05) is 55.6 Å². The summed E-state index contributed by atoms with van der Waals surface area (Å²) in [6.07, 6.45) is 1.56. The molecule has 0 bridgehead atoms. The third-order valence-corrected chi connectivity index (χ3v) is 8.04. The Morgan fingerprint density at radius 3 is 2.43 bits per heavy atom. The molecule has 0 spiro atoms. The van der Waals surface area contributed by atoms with Gasteiger partial charge in [0.1, 0.15) is 10.7 Å². The van der Waals surface area contributed by atoms with Crippen LogP contribution in [0.25, 0.3) is 10.9 Å². The third kappa shape index (κ3) is 5.47. The minimum Gasteiger partial charge on any atom is -0.336 e. The molecular weight excluding hydrogens is 491 g/mol. The molecule has 1 aromatic heterocycles. The van der Waals surface area contributed by atoms with Gasteiger partial charge >= 0.3 is 0 Å². The molecule has 1 N–H and O–H groups in total. The van der Waals surface area contributed by atoms with Crippen molar-refractivity contribution >= 4 is 32.5 Å². The van der Waals surface area contributed by atoms with Crippen molar-refractivity contribution in [3.63, 3.8) is 0 Å². The largest absolute Gasteiger partial charge is 0.336 e. The second-order valence-electron chi connectivity index (χ2n) is 9.15. The molecule has 37 heavy (non-hydrogen) atoms. The number of anilines is 1. The van der Waals surface area contributed by atoms with Crippen LogP contribution < -0.4 is 4.72 Å². The fourth-order valence-corrected chi connectivity index (χ4v) is 5.79. The smallest absolute Gasteiger partial charge is 0.264 e. The van der Waals surface area contributed by atoms with Crippen LogP contribution in [-0.4, -0.2) is 55.3 Å². The van der Waals surface area contributed by atoms with Crippen LogP contribution in [0.15, 0.2) is 83.9 Å². The van der Waals surface area contributed by atoms with Gasteiger partial charge in [-0.15, -0.1) is 0 Å². The number of benzene rings is 3. The molecule has 1 aliphatic heterocycles. The Hall–Kier alpha value is -3.82. The molecular formula is C28H27FN4O3S. The quantitative estimate of drug-likeness (QED) is 0.408. The van der Waals surface area contributed by atoms with E-state index in [0.717, 1.165) is 36.1 Å². The van der Waals surface area contributed by atoms with Gasteiger partial charge < -0.3 is 4.90 Å². The van der Waals surface area contributed by atoms with Crippen LogP contribution >= 0.6 is 0 Å². The number of hydrogen-bond acceptors (Lipinski definition) is 5. The van der Waals surface area contributed by atoms with Gasteiger partial charge in [-0.25, -0.2) is 12.8 Å². The number of hydrogen-bond donors (Lipinski definition) is 1. The van der Waals surface area contributed by atoms with E-state index in [1.54, 1.807) is 47.5 Å². The lowest BCUT2D eigenvalue weighted by Gasteiger charge is -2.35. The summed E-state index contributed by atoms with van der Waals surface area (Å²) in [7, 11) is -3.87. The Balaban J connectivity index is 1.21. The van der Waals surface area contributed by atoms with Crippen molar-refractivity contribution in [2.24, 2.45) is 0 Å². The zero-order valence-corrected chi connectivity index (χ0v) is 21.2. The molecule has 1 aliphatic rings. The fourth-order valence-electron chi connectivity index (χ4n) is 4.55. The Kier molecular flexibility index (Phi) is 6.90. The third-order valence-electron chi connectivity index (χ3n) is 6.63. The average molecular weight is 519 g/mol. The Morgan fingerprint density at radius 2 is 1.70 bits per heavy atom. The highest BCUT2D eigenvalue weighted by Crippen LogP contribution is 2.24. The summed E-state index contributed by atoms with van der Waals surface area (Å²) in [6.45, 7) is 5.23. The second kappa shape index (κ2) is 10.3. The van der Waals surface area contributed by atoms with E-state index in [4.69, 9.17) is 0 Å². The number of pyridine rings is 1. The number of aromatic nitrogens is 1. The van der Waals surface area contributed by atoms with Gasteiger partial charge in [0.05, 0.1) is 5.52 Å². The topological polar surface area (TPSA) is 82.6 Å². The first kappa shape index (κ1) is 24.9. The van der Waals surface area contributed by atoms with E-state index >= 15 is 0 Å². The van der Waals surface area contributed by atoms with Crippen LogP contribution in [0, 0.1) is 12.7 Å². The van der Waals surface area contributed by atoms with E-state index in [1.807, 2.05) is 25.1 Å². The predicted octanol–water partition coefficient (Wildman–Crippen LogP) is 4.44. The van der Waals surface area contributed by atoms with Crippen LogP contribution in [0.2, 0.25) is 0 Å². The molecule has 1 saturated heterocycles. The minimum atomic E-state index is -3.87. The molecule has 7 nitrogen and oxygen atoms in total. The lowest BCUT2D eigenvalue weighted by molar-refractivity contribution is 0.0628. The number of rotatable bonds is 6. The Bertz CT molecular complexity index is 1540. The van der Waals surface area contributed by atoms with E-state index in [2.05, 4.69) is 14.6 Å². The highest BCUT2D eigenvalue weighted by atomic mass is 32.2. The number of halogens is 1. The summed E-state index contributed by atoms with van der Waals surface area (Å²) in [4.78, 5) is 21.4. The maximum atomic E-state index is 13.4. The highest BCUT2D eigenvalue weighted by Gasteiger charge is 2.23. The molecule has 1 fully saturated rings. The van der Waals surface area contributed by atoms with E-state index in [1.165, 1.54) is 18.2 Å². The standard InChI is InChI=1S/C28H27FN4O3S/c1-20-18-24(29)10-7-23(20)19-32-14-16-33(17-15-32)28(34)22-8-11-25(12-9-22)31-37(35,36)26-6-2-4-21-5-3-13-30-27(21)26/h2-13,18,31H,14-17,19H2,1H3. The zero-order chi connectivity index (χ0) is 26.0. The molecule has 0 unspecified atom stereocenters. The molecule has 5 rings (SSSR count). The number of amides is 1. The van der Waals surface area contributed by atoms with E-state index in [0.29, 0.717) is 29.9 Å². The number of sulfonamides is 1. The van der Waals surface area contributed by atoms with Crippen LogP contribution in [0.1, 0.15) is 21.5 Å². The number of nitrogens with one attached hydrogen (secondary N) is 1. The van der Waals surface area contributed by atoms with Crippen LogP contribution in [0.5, 0.6) is 0 Å². The average Bonchev–Trinajstić information content (AvgIpc) is 2.90. The van der Waals surface area contributed by atoms with Gasteiger partial charge in [0.25, 0.3) is 15.9 Å². The summed E-state index contributed by atoms with van der Waals surface area (Å²) in [5.74, 6) is -0.327. The van der Waals surface area contributed by atoms with Crippen molar-refractivity contribution in [2.75, 3.05) is 30.9 Å². The van der Waals surface area contributed by atoms with Gasteiger partial charge in [-0.3, -0.25) is 19.4 Å². The molecule has 1 amide bonds. The first-order valence-corrected chi connectivity index (χ1v) is 13.5. The normalized spacial score (nSPS) is 14.6. The van der Waals surface area contributed by atoms with E-state index in [-0.39, 0.29) is 16.6 Å². The predicted molar refractivity (Wildman–Crippen MR) is 141 cm³/mol. The summed E-state index contributed by atoms with van der Waals surface area (Å²) in [6, 6.07) is 19.9. The van der Waals surface area contributed by atoms with Gasteiger partial charge in [0.15, 0.2) is 0 Å². The van der Waals surface area contributed by atoms with Gasteiger partial charge in [-0.2, -0.15) is 0 Å². The maximum absolute atomic E-state index is 13.4. The van der Waals surface area contributed by atoms with Gasteiger partial charge in [0.2, 0.25) is 0 Å². The summed E-state index contributed by atoms with van der Waals surface area (Å²) in [5.41, 5.74) is 3.27. The second-order valence-corrected chi connectivity index (χ2v) is 10.8. The molecule has 0 aliphatic carbocycles. The Labute approximate surface area is 215 Å². The summed E-state index contributed by atoms with van der Waals surface area (Å²) in [5, 5.41) is 0.735. The molecule has 3 aromatic carbocycles. The zero-order valence-electron chi connectivity index (χ0n) is 20.4. The lowest BCUT2D eigenvalue weighted by Crippen LogP contribution is -2.48. The number of fused-ring (bicyclic) bond motifs is 1. The number of carbonyl (C=O) groups excluding carboxylic acids is 1. The van der Waals surface area contributed by atoms with Gasteiger partial charge in [-0.1, -0.05) is 24.3 Å². The first-order valence-electron chi connectivity index (χ1n) is 12.0. The SMILES string of the molecule is Cc1cc(F)ccc1CN1CCN(C(=O)c2ccc(NS(=O)(=O)c3cccc4cccnc34)cc2)CC1. The Morgan fingerprint density at radius 1 is 0.973 bits per heavy atom. The van der Waals surface area contributed by atoms with Crippen molar-refractivity contribution < 1.29 is 17.6 Å². The number of nitrogens with zero attached hydrogens (tertiary/aromatic N) is 3. The van der Waals surface area contributed by atoms with E-state index < -0.39 is 10.0 Å². The minimum absolute atomic E-state index is 0.0923. The van der Waals surface area contributed by atoms with E-state index in [9.17, 15) is 17.6 Å². The molecule has 0 atom stereocenters. The van der Waals surface area contributed by atoms with Crippen molar-refractivity contribution in [1.82, 2.24) is 14.8 Å². The fraction of sp³-hybridized carbons (Fsp3) is 0.214. The number of aryl methyl sites for hydroxylation is 1. The monoisotopic (exact) mass is 518 g/mol. The van der Waals surface area contributed by atoms with Crippen molar-refractivity contribution in [3.8, 4) is 0 Å². The van der Waals surface area contributed by atoms with Crippen molar-refractivity contribution in [3.05, 3.63) is 102 Å². The van der Waals surface area contributed by atoms with Crippen LogP contribution in [0.3, 0.4) is 0 Å². The molecule has 4 aromatic rings. The summed E-state index contributed by atoms with van der Waals surface area (Å²) < 4.78 is 42.0. The lowest BCUT2D eigenvalue weighted by atomic mass is 10.1. The first-order chi connectivity index (χ1) is 17.8. The number of piperazine rings is 1. The van der Waals surface area contributed by atoms with Crippen molar-refractivity contribution in [1.29, 1.82) is 0 Å². The highest BCUT2D eigenvalue weighted by molar-refractivity contribution is 7.93. The molecule has 9 heteroatoms. The van der Waals surface area contributed by atoms with Gasteiger partial charge in [-0.05, 0) is 66.6 Å². The number of para-hydroxylation sites is 1. The van der Waals surface area contributed by atoms with Crippen molar-refractivity contribution in [2.45, 2.75) is 18.4 Å². The number of carbonyl (C=O) groups is 1. The molecule has 0 radical (unpaired) electrons. The molecule has 0 saturated carbocycles.